The summed E-state index contributed by atoms with van der Waals surface area (Å²) in [7, 11) is 1.67. The van der Waals surface area contributed by atoms with Gasteiger partial charge < -0.3 is 10.1 Å². The summed E-state index contributed by atoms with van der Waals surface area (Å²) in [5.41, 5.74) is 3.01. The molecular formula is C24H30N2O2. The number of nitrogens with one attached hydrogen (secondary N) is 1. The highest BCUT2D eigenvalue weighted by atomic mass is 16.5. The largest absolute Gasteiger partial charge is 0.497 e. The monoisotopic (exact) mass is 378 g/mol. The molecule has 2 aromatic carbocycles. The third kappa shape index (κ3) is 4.22. The number of amides is 1. The Morgan fingerprint density at radius 2 is 1.75 bits per heavy atom. The van der Waals surface area contributed by atoms with Crippen molar-refractivity contribution in [2.24, 2.45) is 5.92 Å². The van der Waals surface area contributed by atoms with Crippen LogP contribution < -0.4 is 10.1 Å². The second kappa shape index (κ2) is 8.78. The smallest absolute Gasteiger partial charge is 0.228 e. The van der Waals surface area contributed by atoms with Gasteiger partial charge in [0.05, 0.1) is 13.0 Å². The Morgan fingerprint density at radius 1 is 1.00 bits per heavy atom. The summed E-state index contributed by atoms with van der Waals surface area (Å²) in [5.74, 6) is 1.07. The van der Waals surface area contributed by atoms with Gasteiger partial charge in [0.25, 0.3) is 0 Å². The summed E-state index contributed by atoms with van der Waals surface area (Å²) in [4.78, 5) is 15.6. The van der Waals surface area contributed by atoms with E-state index in [1.54, 1.807) is 7.11 Å². The van der Waals surface area contributed by atoms with Crippen molar-refractivity contribution >= 4 is 11.6 Å². The number of para-hydroxylation sites is 1. The maximum Gasteiger partial charge on any atom is 0.228 e. The summed E-state index contributed by atoms with van der Waals surface area (Å²) in [6.45, 7) is 2.05. The molecule has 1 saturated carbocycles. The normalized spacial score (nSPS) is 20.8. The summed E-state index contributed by atoms with van der Waals surface area (Å²) >= 11 is 0. The van der Waals surface area contributed by atoms with Gasteiger partial charge in [-0.15, -0.1) is 0 Å². The molecule has 0 spiro atoms. The molecule has 1 heterocycles. The molecule has 4 heteroatoms. The zero-order valence-corrected chi connectivity index (χ0v) is 16.7. The molecule has 28 heavy (non-hydrogen) atoms. The van der Waals surface area contributed by atoms with Crippen LogP contribution in [0.1, 0.15) is 38.5 Å². The van der Waals surface area contributed by atoms with Crippen molar-refractivity contribution in [1.82, 2.24) is 4.90 Å². The molecule has 1 N–H and O–H groups in total. The van der Waals surface area contributed by atoms with E-state index in [4.69, 9.17) is 4.74 Å². The first-order valence-corrected chi connectivity index (χ1v) is 10.5. The van der Waals surface area contributed by atoms with E-state index in [1.807, 2.05) is 42.5 Å². The third-order valence-corrected chi connectivity index (χ3v) is 6.25. The number of carbonyl (C=O) groups is 1. The molecular weight excluding hydrogens is 348 g/mol. The minimum Gasteiger partial charge on any atom is -0.497 e. The van der Waals surface area contributed by atoms with Gasteiger partial charge in [0.2, 0.25) is 5.91 Å². The van der Waals surface area contributed by atoms with E-state index in [9.17, 15) is 4.79 Å². The lowest BCUT2D eigenvalue weighted by Gasteiger charge is -2.36. The molecule has 4 nitrogen and oxygen atoms in total. The topological polar surface area (TPSA) is 41.6 Å². The van der Waals surface area contributed by atoms with Crippen LogP contribution in [0.5, 0.6) is 5.75 Å². The van der Waals surface area contributed by atoms with E-state index in [0.717, 1.165) is 48.5 Å². The summed E-state index contributed by atoms with van der Waals surface area (Å²) in [6, 6.07) is 16.7. The SMILES string of the molecule is COc1ccc(-c2ccccc2NC(=O)C2CCCN(C3CCCC3)C2)cc1. The van der Waals surface area contributed by atoms with Crippen LogP contribution in [-0.4, -0.2) is 37.0 Å². The first-order valence-electron chi connectivity index (χ1n) is 10.5. The summed E-state index contributed by atoms with van der Waals surface area (Å²) in [5, 5.41) is 3.22. The van der Waals surface area contributed by atoms with Crippen LogP contribution in [0.2, 0.25) is 0 Å². The molecule has 2 fully saturated rings. The molecule has 1 saturated heterocycles. The zero-order valence-electron chi connectivity index (χ0n) is 16.7. The first-order chi connectivity index (χ1) is 13.7. The standard InChI is InChI=1S/C24H30N2O2/c1-28-21-14-12-18(13-15-21)22-10-4-5-11-23(22)25-24(27)19-7-6-16-26(17-19)20-8-2-3-9-20/h4-5,10-15,19-20H,2-3,6-9,16-17H2,1H3,(H,25,27). The second-order valence-electron chi connectivity index (χ2n) is 8.04. The van der Waals surface area contributed by atoms with Crippen molar-refractivity contribution in [1.29, 1.82) is 0 Å². The van der Waals surface area contributed by atoms with Crippen molar-refractivity contribution in [3.63, 3.8) is 0 Å². The summed E-state index contributed by atoms with van der Waals surface area (Å²) in [6.07, 6.45) is 7.39. The quantitative estimate of drug-likeness (QED) is 0.800. The number of piperidine rings is 1. The number of nitrogens with zero attached hydrogens (tertiary/aromatic N) is 1. The van der Waals surface area contributed by atoms with Gasteiger partial charge in [0, 0.05) is 23.8 Å². The number of hydrogen-bond donors (Lipinski definition) is 1. The Labute approximate surface area is 167 Å². The predicted octanol–water partition coefficient (Wildman–Crippen LogP) is 4.96. The van der Waals surface area contributed by atoms with Crippen molar-refractivity contribution in [2.75, 3.05) is 25.5 Å². The van der Waals surface area contributed by atoms with Crippen molar-refractivity contribution < 1.29 is 9.53 Å². The number of hydrogen-bond acceptors (Lipinski definition) is 3. The number of likely N-dealkylation sites (tertiary alicyclic amines) is 1. The Bertz CT molecular complexity index is 797. The Balaban J connectivity index is 1.47. The van der Waals surface area contributed by atoms with Gasteiger partial charge in [-0.3, -0.25) is 9.69 Å². The van der Waals surface area contributed by atoms with E-state index in [2.05, 4.69) is 16.3 Å². The number of ether oxygens (including phenoxy) is 1. The lowest BCUT2D eigenvalue weighted by atomic mass is 9.95. The van der Waals surface area contributed by atoms with E-state index in [0.29, 0.717) is 6.04 Å². The molecule has 1 atom stereocenters. The van der Waals surface area contributed by atoms with Crippen LogP contribution in [0.4, 0.5) is 5.69 Å². The van der Waals surface area contributed by atoms with Crippen LogP contribution >= 0.6 is 0 Å². The zero-order chi connectivity index (χ0) is 19.3. The lowest BCUT2D eigenvalue weighted by molar-refractivity contribution is -0.121. The lowest BCUT2D eigenvalue weighted by Crippen LogP contribution is -2.44. The number of carbonyl (C=O) groups excluding carboxylic acids is 1. The molecule has 2 aliphatic rings. The van der Waals surface area contributed by atoms with Crippen LogP contribution in [0.25, 0.3) is 11.1 Å². The fourth-order valence-electron chi connectivity index (χ4n) is 4.67. The predicted molar refractivity (Wildman–Crippen MR) is 114 cm³/mol. The van der Waals surface area contributed by atoms with Gasteiger partial charge in [-0.2, -0.15) is 0 Å². The molecule has 0 aromatic heterocycles. The molecule has 0 bridgehead atoms. The minimum absolute atomic E-state index is 0.0817. The van der Waals surface area contributed by atoms with Crippen molar-refractivity contribution in [3.05, 3.63) is 48.5 Å². The third-order valence-electron chi connectivity index (χ3n) is 6.25. The van der Waals surface area contributed by atoms with Gasteiger partial charge in [0.15, 0.2) is 0 Å². The fraction of sp³-hybridized carbons (Fsp3) is 0.458. The molecule has 0 radical (unpaired) electrons. The highest BCUT2D eigenvalue weighted by molar-refractivity contribution is 5.97. The van der Waals surface area contributed by atoms with E-state index in [-0.39, 0.29) is 11.8 Å². The molecule has 2 aromatic rings. The molecule has 1 amide bonds. The number of rotatable bonds is 5. The van der Waals surface area contributed by atoms with Crippen LogP contribution in [0.15, 0.2) is 48.5 Å². The van der Waals surface area contributed by atoms with Gasteiger partial charge >= 0.3 is 0 Å². The van der Waals surface area contributed by atoms with Crippen LogP contribution in [0.3, 0.4) is 0 Å². The Hall–Kier alpha value is -2.33. The van der Waals surface area contributed by atoms with Crippen LogP contribution in [0, 0.1) is 5.92 Å². The van der Waals surface area contributed by atoms with Gasteiger partial charge in [-0.1, -0.05) is 43.2 Å². The second-order valence-corrected chi connectivity index (χ2v) is 8.04. The molecule has 1 aliphatic carbocycles. The van der Waals surface area contributed by atoms with Crippen molar-refractivity contribution in [3.8, 4) is 16.9 Å². The Morgan fingerprint density at radius 3 is 2.50 bits per heavy atom. The van der Waals surface area contributed by atoms with E-state index < -0.39 is 0 Å². The first kappa shape index (κ1) is 19.0. The number of anilines is 1. The Kier molecular flexibility index (Phi) is 5.96. The van der Waals surface area contributed by atoms with E-state index >= 15 is 0 Å². The maximum absolute atomic E-state index is 13.1. The highest BCUT2D eigenvalue weighted by Gasteiger charge is 2.31. The maximum atomic E-state index is 13.1. The number of methoxy groups -OCH3 is 1. The van der Waals surface area contributed by atoms with Gasteiger partial charge in [-0.05, 0) is 56.0 Å². The summed E-state index contributed by atoms with van der Waals surface area (Å²) < 4.78 is 5.26. The molecule has 4 rings (SSSR count). The fourth-order valence-corrected chi connectivity index (χ4v) is 4.67. The van der Waals surface area contributed by atoms with E-state index in [1.165, 1.54) is 25.7 Å². The molecule has 148 valence electrons. The number of benzene rings is 2. The average Bonchev–Trinajstić information content (AvgIpc) is 3.29. The van der Waals surface area contributed by atoms with Crippen LogP contribution in [-0.2, 0) is 4.79 Å². The minimum atomic E-state index is 0.0817. The molecule has 1 unspecified atom stereocenters. The average molecular weight is 379 g/mol. The highest BCUT2D eigenvalue weighted by Crippen LogP contribution is 2.31. The van der Waals surface area contributed by atoms with Gasteiger partial charge in [0.1, 0.15) is 5.75 Å². The van der Waals surface area contributed by atoms with Crippen molar-refractivity contribution in [2.45, 2.75) is 44.6 Å². The van der Waals surface area contributed by atoms with Gasteiger partial charge in [-0.25, -0.2) is 0 Å². The molecule has 1 aliphatic heterocycles.